The lowest BCUT2D eigenvalue weighted by atomic mass is 10.2. The van der Waals surface area contributed by atoms with E-state index in [1.54, 1.807) is 25.1 Å². The van der Waals surface area contributed by atoms with Crippen molar-refractivity contribution in [2.24, 2.45) is 5.73 Å². The summed E-state index contributed by atoms with van der Waals surface area (Å²) >= 11 is 5.75. The number of aryl methyl sites for hydroxylation is 1. The highest BCUT2D eigenvalue weighted by Gasteiger charge is 2.17. The predicted octanol–water partition coefficient (Wildman–Crippen LogP) is 1.44. The fourth-order valence-corrected chi connectivity index (χ4v) is 1.32. The van der Waals surface area contributed by atoms with Crippen molar-refractivity contribution in [2.75, 3.05) is 6.54 Å². The molecule has 0 fully saturated rings. The quantitative estimate of drug-likeness (QED) is 0.820. The first-order valence-corrected chi connectivity index (χ1v) is 4.78. The van der Waals surface area contributed by atoms with Gasteiger partial charge in [0.1, 0.15) is 5.75 Å². The van der Waals surface area contributed by atoms with Gasteiger partial charge in [-0.05, 0) is 30.7 Å². The van der Waals surface area contributed by atoms with Crippen LogP contribution in [0.15, 0.2) is 18.2 Å². The van der Waals surface area contributed by atoms with Crippen LogP contribution in [0.25, 0.3) is 0 Å². The van der Waals surface area contributed by atoms with Crippen LogP contribution in [-0.4, -0.2) is 23.7 Å². The summed E-state index contributed by atoms with van der Waals surface area (Å²) in [6.45, 7) is 1.72. The van der Waals surface area contributed by atoms with Crippen LogP contribution in [0, 0.1) is 6.92 Å². The Bertz CT molecular complexity index is 368. The molecule has 0 bridgehead atoms. The molecule has 1 aromatic carbocycles. The number of hydrogen-bond acceptors (Lipinski definition) is 3. The Labute approximate surface area is 92.6 Å². The van der Waals surface area contributed by atoms with Crippen LogP contribution in [-0.2, 0) is 4.79 Å². The Balaban J connectivity index is 2.84. The summed E-state index contributed by atoms with van der Waals surface area (Å²) in [7, 11) is 0. The van der Waals surface area contributed by atoms with Crippen LogP contribution in [0.2, 0.25) is 5.02 Å². The van der Waals surface area contributed by atoms with Gasteiger partial charge in [-0.1, -0.05) is 11.6 Å². The minimum atomic E-state index is -1.08. The van der Waals surface area contributed by atoms with Gasteiger partial charge in [0.25, 0.3) is 0 Å². The SMILES string of the molecule is Cc1cc(Cl)ccc1OC(CN)C(=O)O. The van der Waals surface area contributed by atoms with Gasteiger partial charge >= 0.3 is 5.97 Å². The summed E-state index contributed by atoms with van der Waals surface area (Å²) in [5.74, 6) is -0.593. The van der Waals surface area contributed by atoms with E-state index < -0.39 is 12.1 Å². The molecular weight excluding hydrogens is 218 g/mol. The van der Waals surface area contributed by atoms with E-state index in [2.05, 4.69) is 0 Å². The van der Waals surface area contributed by atoms with Gasteiger partial charge in [-0.2, -0.15) is 0 Å². The highest BCUT2D eigenvalue weighted by atomic mass is 35.5. The highest BCUT2D eigenvalue weighted by Crippen LogP contribution is 2.22. The molecule has 0 saturated heterocycles. The molecule has 0 radical (unpaired) electrons. The van der Waals surface area contributed by atoms with Gasteiger partial charge in [-0.15, -0.1) is 0 Å². The predicted molar refractivity (Wildman–Crippen MR) is 57.3 cm³/mol. The molecule has 1 aromatic rings. The summed E-state index contributed by atoms with van der Waals surface area (Å²) < 4.78 is 5.23. The summed E-state index contributed by atoms with van der Waals surface area (Å²) in [4.78, 5) is 10.7. The van der Waals surface area contributed by atoms with Crippen molar-refractivity contribution in [3.05, 3.63) is 28.8 Å². The maximum absolute atomic E-state index is 10.7. The minimum Gasteiger partial charge on any atom is -0.478 e. The molecule has 1 unspecified atom stereocenters. The second kappa shape index (κ2) is 5.00. The van der Waals surface area contributed by atoms with Crippen molar-refractivity contribution in [2.45, 2.75) is 13.0 Å². The number of carboxylic acids is 1. The van der Waals surface area contributed by atoms with Gasteiger partial charge < -0.3 is 15.6 Å². The van der Waals surface area contributed by atoms with Crippen LogP contribution in [0.3, 0.4) is 0 Å². The third-order valence-corrected chi connectivity index (χ3v) is 2.13. The van der Waals surface area contributed by atoms with Gasteiger partial charge in [0, 0.05) is 11.6 Å². The second-order valence-electron chi connectivity index (χ2n) is 3.09. The molecule has 0 heterocycles. The molecule has 1 rings (SSSR count). The number of carboxylic acid groups (broad SMARTS) is 1. The number of aliphatic carboxylic acids is 1. The molecule has 15 heavy (non-hydrogen) atoms. The van der Waals surface area contributed by atoms with Crippen molar-refractivity contribution < 1.29 is 14.6 Å². The zero-order valence-electron chi connectivity index (χ0n) is 8.24. The number of halogens is 1. The van der Waals surface area contributed by atoms with Gasteiger partial charge in [0.05, 0.1) is 0 Å². The van der Waals surface area contributed by atoms with Crippen molar-refractivity contribution in [1.82, 2.24) is 0 Å². The number of nitrogens with two attached hydrogens (primary N) is 1. The molecule has 0 spiro atoms. The first-order valence-electron chi connectivity index (χ1n) is 4.40. The third-order valence-electron chi connectivity index (χ3n) is 1.90. The lowest BCUT2D eigenvalue weighted by Gasteiger charge is -2.14. The molecule has 0 amide bonds. The Morgan fingerprint density at radius 2 is 2.33 bits per heavy atom. The van der Waals surface area contributed by atoms with Crippen molar-refractivity contribution >= 4 is 17.6 Å². The number of ether oxygens (including phenoxy) is 1. The maximum atomic E-state index is 10.7. The summed E-state index contributed by atoms with van der Waals surface area (Å²) in [5.41, 5.74) is 6.05. The van der Waals surface area contributed by atoms with E-state index in [4.69, 9.17) is 27.2 Å². The van der Waals surface area contributed by atoms with Gasteiger partial charge in [-0.25, -0.2) is 4.79 Å². The van der Waals surface area contributed by atoms with Crippen molar-refractivity contribution in [1.29, 1.82) is 0 Å². The van der Waals surface area contributed by atoms with Crippen LogP contribution in [0.4, 0.5) is 0 Å². The Kier molecular flexibility index (Phi) is 3.94. The maximum Gasteiger partial charge on any atom is 0.346 e. The van der Waals surface area contributed by atoms with E-state index in [1.165, 1.54) is 0 Å². The van der Waals surface area contributed by atoms with Gasteiger partial charge in [0.15, 0.2) is 0 Å². The summed E-state index contributed by atoms with van der Waals surface area (Å²) in [6.07, 6.45) is -1.02. The molecule has 82 valence electrons. The lowest BCUT2D eigenvalue weighted by molar-refractivity contribution is -0.144. The topological polar surface area (TPSA) is 72.5 Å². The van der Waals surface area contributed by atoms with Crippen LogP contribution in [0.5, 0.6) is 5.75 Å². The normalized spacial score (nSPS) is 12.2. The van der Waals surface area contributed by atoms with E-state index in [-0.39, 0.29) is 6.54 Å². The molecule has 1 atom stereocenters. The number of hydrogen-bond donors (Lipinski definition) is 2. The number of carbonyl (C=O) groups is 1. The Morgan fingerprint density at radius 3 is 2.80 bits per heavy atom. The summed E-state index contributed by atoms with van der Waals surface area (Å²) in [6, 6.07) is 4.97. The Morgan fingerprint density at radius 1 is 1.67 bits per heavy atom. The molecule has 0 aromatic heterocycles. The molecule has 5 heteroatoms. The van der Waals surface area contributed by atoms with Crippen LogP contribution >= 0.6 is 11.6 Å². The standard InChI is InChI=1S/C10H12ClNO3/c1-6-4-7(11)2-3-8(6)15-9(5-12)10(13)14/h2-4,9H,5,12H2,1H3,(H,13,14). The van der Waals surface area contributed by atoms with Crippen molar-refractivity contribution in [3.8, 4) is 5.75 Å². The van der Waals surface area contributed by atoms with Gasteiger partial charge in [-0.3, -0.25) is 0 Å². The van der Waals surface area contributed by atoms with Gasteiger partial charge in [0.2, 0.25) is 6.10 Å². The van der Waals surface area contributed by atoms with E-state index >= 15 is 0 Å². The van der Waals surface area contributed by atoms with E-state index in [0.717, 1.165) is 5.56 Å². The van der Waals surface area contributed by atoms with Crippen LogP contribution < -0.4 is 10.5 Å². The van der Waals surface area contributed by atoms with Crippen molar-refractivity contribution in [3.63, 3.8) is 0 Å². The number of rotatable bonds is 4. The first-order chi connectivity index (χ1) is 7.04. The highest BCUT2D eigenvalue weighted by molar-refractivity contribution is 6.30. The second-order valence-corrected chi connectivity index (χ2v) is 3.53. The molecule has 3 N–H and O–H groups in total. The largest absolute Gasteiger partial charge is 0.478 e. The molecule has 0 saturated carbocycles. The smallest absolute Gasteiger partial charge is 0.346 e. The lowest BCUT2D eigenvalue weighted by Crippen LogP contribution is -2.34. The molecular formula is C10H12ClNO3. The molecule has 0 aliphatic heterocycles. The minimum absolute atomic E-state index is 0.0720. The van der Waals surface area contributed by atoms with E-state index in [0.29, 0.717) is 10.8 Å². The average molecular weight is 230 g/mol. The fraction of sp³-hybridized carbons (Fsp3) is 0.300. The molecule has 4 nitrogen and oxygen atoms in total. The average Bonchev–Trinajstić information content (AvgIpc) is 2.16. The summed E-state index contributed by atoms with van der Waals surface area (Å²) in [5, 5.41) is 9.33. The number of benzene rings is 1. The monoisotopic (exact) mass is 229 g/mol. The van der Waals surface area contributed by atoms with E-state index in [1.807, 2.05) is 0 Å². The zero-order chi connectivity index (χ0) is 11.4. The first kappa shape index (κ1) is 11.8. The van der Waals surface area contributed by atoms with E-state index in [9.17, 15) is 4.79 Å². The third kappa shape index (κ3) is 3.11. The molecule has 0 aliphatic carbocycles. The fourth-order valence-electron chi connectivity index (χ4n) is 1.10. The zero-order valence-corrected chi connectivity index (χ0v) is 8.99. The molecule has 0 aliphatic rings. The van der Waals surface area contributed by atoms with Crippen LogP contribution in [0.1, 0.15) is 5.56 Å². The Hall–Kier alpha value is -1.26.